The average molecular weight is 478 g/mol. The van der Waals surface area contributed by atoms with Crippen molar-refractivity contribution in [2.45, 2.75) is 58.5 Å². The van der Waals surface area contributed by atoms with Gasteiger partial charge in [-0.05, 0) is 61.1 Å². The normalized spacial score (nSPS) is 13.4. The summed E-state index contributed by atoms with van der Waals surface area (Å²) in [5.41, 5.74) is 12.8. The van der Waals surface area contributed by atoms with E-state index in [0.29, 0.717) is 5.92 Å². The van der Waals surface area contributed by atoms with Gasteiger partial charge in [0.05, 0.1) is 26.8 Å². The molecule has 4 aromatic rings. The summed E-state index contributed by atoms with van der Waals surface area (Å²) >= 11 is 0. The van der Waals surface area contributed by atoms with E-state index >= 15 is 0 Å². The first-order valence-electron chi connectivity index (χ1n) is 12.5. The van der Waals surface area contributed by atoms with Crippen LogP contribution in [0.3, 0.4) is 0 Å². The van der Waals surface area contributed by atoms with Crippen LogP contribution >= 0.6 is 0 Å². The van der Waals surface area contributed by atoms with Gasteiger partial charge in [0.15, 0.2) is 0 Å². The molecule has 2 aromatic carbocycles. The fraction of sp³-hybridized carbons (Fsp3) is 0.448. The molecule has 0 amide bonds. The Bertz CT molecular complexity index is 1330. The highest BCUT2D eigenvalue weighted by Crippen LogP contribution is 2.39. The molecule has 0 saturated carbocycles. The molecule has 6 nitrogen and oxygen atoms in total. The van der Waals surface area contributed by atoms with Crippen molar-refractivity contribution in [1.82, 2.24) is 9.13 Å². The van der Waals surface area contributed by atoms with E-state index in [4.69, 9.17) is 19.9 Å². The summed E-state index contributed by atoms with van der Waals surface area (Å²) in [6.07, 6.45) is 5.25. The molecule has 6 heteroatoms. The number of benzene rings is 2. The Hall–Kier alpha value is -3.12. The van der Waals surface area contributed by atoms with Crippen LogP contribution in [-0.4, -0.2) is 30.5 Å². The lowest BCUT2D eigenvalue weighted by atomic mass is 9.97. The number of hydrogen-bond donors (Lipinski definition) is 1. The van der Waals surface area contributed by atoms with Gasteiger partial charge in [0, 0.05) is 53.9 Å². The minimum absolute atomic E-state index is 0.0197. The van der Waals surface area contributed by atoms with Crippen LogP contribution in [0.1, 0.15) is 61.9 Å². The van der Waals surface area contributed by atoms with Crippen molar-refractivity contribution in [3.8, 4) is 17.2 Å². The number of nitrogens with two attached hydrogens (primary N) is 1. The van der Waals surface area contributed by atoms with Gasteiger partial charge >= 0.3 is 0 Å². The van der Waals surface area contributed by atoms with Gasteiger partial charge in [-0.3, -0.25) is 0 Å². The molecule has 0 bridgehead atoms. The van der Waals surface area contributed by atoms with E-state index in [1.165, 1.54) is 33.1 Å². The number of ether oxygens (including phenoxy) is 3. The first kappa shape index (κ1) is 25.0. The van der Waals surface area contributed by atoms with Crippen LogP contribution in [0.5, 0.6) is 17.2 Å². The Morgan fingerprint density at radius 2 is 1.66 bits per heavy atom. The van der Waals surface area contributed by atoms with E-state index in [9.17, 15) is 0 Å². The summed E-state index contributed by atoms with van der Waals surface area (Å²) in [6.45, 7) is 7.60. The quantitative estimate of drug-likeness (QED) is 0.285. The monoisotopic (exact) mass is 477 g/mol. The van der Waals surface area contributed by atoms with E-state index in [0.717, 1.165) is 48.6 Å². The number of aryl methyl sites for hydroxylation is 2. The smallest absolute Gasteiger partial charge is 0.146 e. The van der Waals surface area contributed by atoms with Crippen LogP contribution in [-0.2, 0) is 13.6 Å². The second kappa shape index (κ2) is 10.2. The molecule has 0 radical (unpaired) electrons. The largest absolute Gasteiger partial charge is 0.497 e. The Kier molecular flexibility index (Phi) is 7.31. The highest BCUT2D eigenvalue weighted by Gasteiger charge is 2.22. The lowest BCUT2D eigenvalue weighted by molar-refractivity contribution is 0.397. The molecule has 0 fully saturated rings. The van der Waals surface area contributed by atoms with Gasteiger partial charge in [-0.1, -0.05) is 20.3 Å². The molecule has 4 rings (SSSR count). The Morgan fingerprint density at radius 3 is 2.31 bits per heavy atom. The van der Waals surface area contributed by atoms with Crippen LogP contribution in [0.4, 0.5) is 0 Å². The maximum atomic E-state index is 6.66. The zero-order valence-electron chi connectivity index (χ0n) is 22.1. The van der Waals surface area contributed by atoms with Crippen LogP contribution in [0, 0.1) is 6.92 Å². The summed E-state index contributed by atoms with van der Waals surface area (Å²) in [4.78, 5) is 0. The fourth-order valence-electron chi connectivity index (χ4n) is 5.48. The number of aromatic nitrogens is 2. The molecule has 0 saturated heterocycles. The number of rotatable bonds is 10. The minimum atomic E-state index is 0.0197. The molecule has 2 N–H and O–H groups in total. The van der Waals surface area contributed by atoms with Gasteiger partial charge in [-0.15, -0.1) is 0 Å². The van der Waals surface area contributed by atoms with Crippen LogP contribution < -0.4 is 19.9 Å². The second-order valence-electron chi connectivity index (χ2n) is 9.54. The van der Waals surface area contributed by atoms with Gasteiger partial charge < -0.3 is 29.1 Å². The summed E-state index contributed by atoms with van der Waals surface area (Å²) in [5, 5.41) is 2.38. The van der Waals surface area contributed by atoms with Crippen molar-refractivity contribution >= 4 is 21.8 Å². The number of hydrogen-bond acceptors (Lipinski definition) is 4. The zero-order chi connectivity index (χ0) is 25.3. The van der Waals surface area contributed by atoms with E-state index in [-0.39, 0.29) is 6.04 Å². The molecule has 2 heterocycles. The summed E-state index contributed by atoms with van der Waals surface area (Å²) in [6, 6.07) is 10.4. The second-order valence-corrected chi connectivity index (χ2v) is 9.54. The third-order valence-corrected chi connectivity index (χ3v) is 7.37. The molecule has 2 atom stereocenters. The molecule has 0 aliphatic rings. The molecule has 2 unspecified atom stereocenters. The predicted octanol–water partition coefficient (Wildman–Crippen LogP) is 6.46. The third kappa shape index (κ3) is 4.47. The molecule has 0 aliphatic carbocycles. The minimum Gasteiger partial charge on any atom is -0.497 e. The fourth-order valence-corrected chi connectivity index (χ4v) is 5.48. The lowest BCUT2D eigenvalue weighted by Crippen LogP contribution is -2.12. The Labute approximate surface area is 208 Å². The van der Waals surface area contributed by atoms with Gasteiger partial charge in [0.25, 0.3) is 0 Å². The number of methoxy groups -OCH3 is 3. The molecular formula is C29H39N3O3. The standard InChI is InChI=1S/C29H39N3O3/c1-8-9-25(30)28-19(3)32(26-11-10-20(33-5)14-23(26)28)13-12-18(2)24-17-31(4)29-22(24)15-21(34-6)16-27(29)35-7/h10-11,14-18,25H,8-9,12-13,30H2,1-7H3. The SMILES string of the molecule is CCCC(N)c1c(C)n(CCC(C)c2cn(C)c3c(OC)cc(OC)cc23)c2ccc(OC)cc12. The van der Waals surface area contributed by atoms with Gasteiger partial charge in [-0.2, -0.15) is 0 Å². The first-order chi connectivity index (χ1) is 16.8. The number of fused-ring (bicyclic) bond motifs is 2. The van der Waals surface area contributed by atoms with Gasteiger partial charge in [-0.25, -0.2) is 0 Å². The summed E-state index contributed by atoms with van der Waals surface area (Å²) < 4.78 is 21.3. The Balaban J connectivity index is 1.71. The van der Waals surface area contributed by atoms with Crippen molar-refractivity contribution in [1.29, 1.82) is 0 Å². The van der Waals surface area contributed by atoms with Crippen molar-refractivity contribution in [3.63, 3.8) is 0 Å². The summed E-state index contributed by atoms with van der Waals surface area (Å²) in [5.74, 6) is 2.85. The highest BCUT2D eigenvalue weighted by molar-refractivity contribution is 5.91. The van der Waals surface area contributed by atoms with Crippen molar-refractivity contribution in [3.05, 3.63) is 53.3 Å². The Morgan fingerprint density at radius 1 is 0.943 bits per heavy atom. The molecule has 0 spiro atoms. The van der Waals surface area contributed by atoms with E-state index in [1.54, 1.807) is 21.3 Å². The van der Waals surface area contributed by atoms with Crippen molar-refractivity contribution in [2.75, 3.05) is 21.3 Å². The first-order valence-corrected chi connectivity index (χ1v) is 12.5. The van der Waals surface area contributed by atoms with Crippen molar-refractivity contribution in [2.24, 2.45) is 12.8 Å². The topological polar surface area (TPSA) is 63.6 Å². The predicted molar refractivity (Wildman–Crippen MR) is 144 cm³/mol. The van der Waals surface area contributed by atoms with Crippen LogP contribution in [0.25, 0.3) is 21.8 Å². The summed E-state index contributed by atoms with van der Waals surface area (Å²) in [7, 11) is 7.20. The van der Waals surface area contributed by atoms with Crippen molar-refractivity contribution < 1.29 is 14.2 Å². The van der Waals surface area contributed by atoms with Crippen LogP contribution in [0.2, 0.25) is 0 Å². The highest BCUT2D eigenvalue weighted by atomic mass is 16.5. The van der Waals surface area contributed by atoms with E-state index < -0.39 is 0 Å². The van der Waals surface area contributed by atoms with Gasteiger partial charge in [0.1, 0.15) is 17.2 Å². The maximum Gasteiger partial charge on any atom is 0.146 e. The van der Waals surface area contributed by atoms with E-state index in [1.807, 2.05) is 12.1 Å². The van der Waals surface area contributed by atoms with Crippen LogP contribution in [0.15, 0.2) is 36.5 Å². The molecular weight excluding hydrogens is 438 g/mol. The lowest BCUT2D eigenvalue weighted by Gasteiger charge is -2.16. The molecule has 2 aromatic heterocycles. The maximum absolute atomic E-state index is 6.66. The third-order valence-electron chi connectivity index (χ3n) is 7.37. The average Bonchev–Trinajstić information content (AvgIpc) is 3.34. The molecule has 188 valence electrons. The molecule has 0 aliphatic heterocycles. The molecule has 35 heavy (non-hydrogen) atoms. The number of nitrogens with zero attached hydrogens (tertiary/aromatic N) is 2. The zero-order valence-corrected chi connectivity index (χ0v) is 22.1. The van der Waals surface area contributed by atoms with Gasteiger partial charge in [0.2, 0.25) is 0 Å². The van der Waals surface area contributed by atoms with E-state index in [2.05, 4.69) is 61.3 Å².